The van der Waals surface area contributed by atoms with Crippen LogP contribution in [-0.2, 0) is 16.8 Å². The molecule has 5 nitrogen and oxygen atoms in total. The topological polar surface area (TPSA) is 44.8 Å². The van der Waals surface area contributed by atoms with Gasteiger partial charge in [0.1, 0.15) is 11.9 Å². The van der Waals surface area contributed by atoms with E-state index in [4.69, 9.17) is 4.74 Å². The van der Waals surface area contributed by atoms with Gasteiger partial charge in [-0.25, -0.2) is 0 Å². The van der Waals surface area contributed by atoms with Crippen molar-refractivity contribution in [3.63, 3.8) is 0 Å². The standard InChI is InChI=1S/C30H39N3O2S/c1-31-20-17-27(28-14-9-23-36-28)35-26-13-8-7-10-24(26)15-16-29(34)33-21-18-30(19-22-33,32(2)3)25-11-5-4-6-12-25/h4-14,23,27,31H,15-22H2,1-3H3. The molecule has 1 N–H and O–H groups in total. The van der Waals surface area contributed by atoms with Crippen molar-refractivity contribution in [2.45, 2.75) is 43.7 Å². The van der Waals surface area contributed by atoms with Crippen molar-refractivity contribution in [3.8, 4) is 5.75 Å². The average molecular weight is 506 g/mol. The van der Waals surface area contributed by atoms with Crippen LogP contribution in [0, 0.1) is 0 Å². The minimum absolute atomic E-state index is 0.00791. The van der Waals surface area contributed by atoms with Crippen molar-refractivity contribution in [3.05, 3.63) is 88.1 Å². The molecule has 2 aromatic carbocycles. The number of para-hydroxylation sites is 1. The lowest BCUT2D eigenvalue weighted by atomic mass is 9.79. The largest absolute Gasteiger partial charge is 0.485 e. The highest BCUT2D eigenvalue weighted by Crippen LogP contribution is 2.37. The first kappa shape index (κ1) is 26.4. The molecule has 0 spiro atoms. The third-order valence-corrected chi connectivity index (χ3v) is 8.44. The Morgan fingerprint density at radius 3 is 2.44 bits per heavy atom. The molecule has 0 radical (unpaired) electrons. The zero-order valence-corrected chi connectivity index (χ0v) is 22.6. The highest BCUT2D eigenvalue weighted by molar-refractivity contribution is 7.10. The van der Waals surface area contributed by atoms with Crippen molar-refractivity contribution in [1.82, 2.24) is 15.1 Å². The number of aryl methyl sites for hydroxylation is 1. The first-order valence-corrected chi connectivity index (χ1v) is 13.8. The molecule has 1 atom stereocenters. The summed E-state index contributed by atoms with van der Waals surface area (Å²) in [6.07, 6.45) is 3.99. The zero-order chi connectivity index (χ0) is 25.4. The number of nitrogens with zero attached hydrogens (tertiary/aromatic N) is 2. The van der Waals surface area contributed by atoms with Gasteiger partial charge in [-0.1, -0.05) is 54.6 Å². The third-order valence-electron chi connectivity index (χ3n) is 7.48. The van der Waals surface area contributed by atoms with Crippen molar-refractivity contribution in [2.75, 3.05) is 40.8 Å². The second-order valence-electron chi connectivity index (χ2n) is 9.79. The minimum atomic E-state index is -0.0113. The summed E-state index contributed by atoms with van der Waals surface area (Å²) in [5.41, 5.74) is 2.43. The second kappa shape index (κ2) is 12.5. The molecule has 36 heavy (non-hydrogen) atoms. The number of carbonyl (C=O) groups is 1. The molecule has 1 aliphatic heterocycles. The van der Waals surface area contributed by atoms with Gasteiger partial charge in [0, 0.05) is 36.3 Å². The van der Waals surface area contributed by atoms with Gasteiger partial charge in [0.25, 0.3) is 0 Å². The van der Waals surface area contributed by atoms with Gasteiger partial charge in [-0.15, -0.1) is 11.3 Å². The van der Waals surface area contributed by atoms with Crippen LogP contribution in [0.15, 0.2) is 72.1 Å². The summed E-state index contributed by atoms with van der Waals surface area (Å²) in [7, 11) is 6.27. The SMILES string of the molecule is CNCCC(Oc1ccccc1CCC(=O)N1CCC(c2ccccc2)(N(C)C)CC1)c1cccs1. The molecule has 0 aliphatic carbocycles. The average Bonchev–Trinajstić information content (AvgIpc) is 3.45. The first-order valence-electron chi connectivity index (χ1n) is 13.0. The Morgan fingerprint density at radius 1 is 1.06 bits per heavy atom. The fraction of sp³-hybridized carbons (Fsp3) is 0.433. The van der Waals surface area contributed by atoms with Crippen LogP contribution in [0.1, 0.15) is 47.8 Å². The lowest BCUT2D eigenvalue weighted by Gasteiger charge is -2.46. The number of amides is 1. The summed E-state index contributed by atoms with van der Waals surface area (Å²) in [6.45, 7) is 2.46. The monoisotopic (exact) mass is 505 g/mol. The van der Waals surface area contributed by atoms with Gasteiger partial charge >= 0.3 is 0 Å². The van der Waals surface area contributed by atoms with Crippen LogP contribution in [0.2, 0.25) is 0 Å². The minimum Gasteiger partial charge on any atom is -0.485 e. The number of benzene rings is 2. The molecule has 1 aliphatic rings. The second-order valence-corrected chi connectivity index (χ2v) is 10.8. The number of thiophene rings is 1. The Labute approximate surface area is 220 Å². The van der Waals surface area contributed by atoms with E-state index in [0.29, 0.717) is 12.8 Å². The van der Waals surface area contributed by atoms with E-state index < -0.39 is 0 Å². The van der Waals surface area contributed by atoms with E-state index in [2.05, 4.69) is 83.1 Å². The molecule has 4 rings (SSSR count). The summed E-state index contributed by atoms with van der Waals surface area (Å²) in [4.78, 5) is 18.8. The Morgan fingerprint density at radius 2 is 1.78 bits per heavy atom. The Hall–Kier alpha value is -2.67. The van der Waals surface area contributed by atoms with Crippen LogP contribution < -0.4 is 10.1 Å². The van der Waals surface area contributed by atoms with Gasteiger partial charge in [0.15, 0.2) is 0 Å². The maximum Gasteiger partial charge on any atom is 0.222 e. The van der Waals surface area contributed by atoms with E-state index in [1.165, 1.54) is 10.4 Å². The number of likely N-dealkylation sites (tertiary alicyclic amines) is 1. The molecule has 1 fully saturated rings. The number of piperidine rings is 1. The molecular weight excluding hydrogens is 466 g/mol. The predicted octanol–water partition coefficient (Wildman–Crippen LogP) is 5.49. The number of nitrogens with one attached hydrogen (secondary N) is 1. The van der Waals surface area contributed by atoms with Crippen molar-refractivity contribution >= 4 is 17.2 Å². The number of ether oxygens (including phenoxy) is 1. The normalized spacial score (nSPS) is 16.2. The van der Waals surface area contributed by atoms with Crippen molar-refractivity contribution in [2.24, 2.45) is 0 Å². The van der Waals surface area contributed by atoms with Crippen LogP contribution in [0.25, 0.3) is 0 Å². The van der Waals surface area contributed by atoms with Crippen molar-refractivity contribution < 1.29 is 9.53 Å². The van der Waals surface area contributed by atoms with Gasteiger partial charge < -0.3 is 15.0 Å². The molecule has 1 unspecified atom stereocenters. The lowest BCUT2D eigenvalue weighted by molar-refractivity contribution is -0.133. The van der Waals surface area contributed by atoms with E-state index in [1.807, 2.05) is 25.2 Å². The summed E-state index contributed by atoms with van der Waals surface area (Å²) >= 11 is 1.73. The van der Waals surface area contributed by atoms with E-state index >= 15 is 0 Å². The summed E-state index contributed by atoms with van der Waals surface area (Å²) in [6, 6.07) is 23.1. The third kappa shape index (κ3) is 6.17. The zero-order valence-electron chi connectivity index (χ0n) is 21.8. The highest BCUT2D eigenvalue weighted by atomic mass is 32.1. The van der Waals surface area contributed by atoms with Crippen LogP contribution in [0.5, 0.6) is 5.75 Å². The molecule has 192 valence electrons. The van der Waals surface area contributed by atoms with Gasteiger partial charge in [-0.2, -0.15) is 0 Å². The predicted molar refractivity (Wildman–Crippen MR) is 149 cm³/mol. The van der Waals surface area contributed by atoms with Gasteiger partial charge in [0.2, 0.25) is 5.91 Å². The fourth-order valence-electron chi connectivity index (χ4n) is 5.26. The molecule has 2 heterocycles. The molecule has 1 amide bonds. The molecular formula is C30H39N3O2S. The Kier molecular flexibility index (Phi) is 9.19. The van der Waals surface area contributed by atoms with Gasteiger partial charge in [-0.3, -0.25) is 9.69 Å². The number of carbonyl (C=O) groups excluding carboxylic acids is 1. The molecule has 3 aromatic rings. The lowest BCUT2D eigenvalue weighted by Crippen LogP contribution is -2.51. The molecule has 1 saturated heterocycles. The van der Waals surface area contributed by atoms with Crippen molar-refractivity contribution in [1.29, 1.82) is 0 Å². The van der Waals surface area contributed by atoms with E-state index in [9.17, 15) is 4.79 Å². The quantitative estimate of drug-likeness (QED) is 0.374. The highest BCUT2D eigenvalue weighted by Gasteiger charge is 2.39. The van der Waals surface area contributed by atoms with Crippen LogP contribution in [0.3, 0.4) is 0 Å². The summed E-state index contributed by atoms with van der Waals surface area (Å²) in [5.74, 6) is 1.12. The first-order chi connectivity index (χ1) is 17.5. The number of hydrogen-bond donors (Lipinski definition) is 1. The number of rotatable bonds is 11. The Bertz CT molecular complexity index is 1080. The van der Waals surface area contributed by atoms with Crippen LogP contribution in [0.4, 0.5) is 0 Å². The maximum atomic E-state index is 13.2. The van der Waals surface area contributed by atoms with E-state index in [1.54, 1.807) is 11.3 Å². The van der Waals surface area contributed by atoms with Crippen LogP contribution >= 0.6 is 11.3 Å². The molecule has 0 bridgehead atoms. The van der Waals surface area contributed by atoms with Gasteiger partial charge in [-0.05, 0) is 75.6 Å². The van der Waals surface area contributed by atoms with E-state index in [0.717, 1.165) is 50.2 Å². The molecule has 6 heteroatoms. The molecule has 0 saturated carbocycles. The Balaban J connectivity index is 1.37. The smallest absolute Gasteiger partial charge is 0.222 e. The summed E-state index contributed by atoms with van der Waals surface area (Å²) < 4.78 is 6.51. The molecule has 1 aromatic heterocycles. The number of hydrogen-bond acceptors (Lipinski definition) is 5. The van der Waals surface area contributed by atoms with Gasteiger partial charge in [0.05, 0.1) is 0 Å². The fourth-order valence-corrected chi connectivity index (χ4v) is 6.05. The maximum absolute atomic E-state index is 13.2. The summed E-state index contributed by atoms with van der Waals surface area (Å²) in [5, 5.41) is 5.33. The van der Waals surface area contributed by atoms with E-state index in [-0.39, 0.29) is 17.6 Å². The van der Waals surface area contributed by atoms with Crippen LogP contribution in [-0.4, -0.2) is 56.5 Å².